The fraction of sp³-hybridized carbons (Fsp3) is 0.407. The third-order valence-corrected chi connectivity index (χ3v) is 6.12. The second-order valence-electron chi connectivity index (χ2n) is 9.00. The molecule has 2 aromatic carbocycles. The smallest absolute Gasteiger partial charge is 0.290 e. The Morgan fingerprint density at radius 2 is 1.82 bits per heavy atom. The van der Waals surface area contributed by atoms with Gasteiger partial charge in [-0.2, -0.15) is 0 Å². The van der Waals surface area contributed by atoms with Crippen LogP contribution < -0.4 is 10.2 Å². The Labute approximate surface area is 194 Å². The predicted molar refractivity (Wildman–Crippen MR) is 130 cm³/mol. The summed E-state index contributed by atoms with van der Waals surface area (Å²) in [6.45, 7) is 5.96. The Bertz CT molecular complexity index is 1200. The van der Waals surface area contributed by atoms with Crippen molar-refractivity contribution in [3.8, 4) is 5.75 Å². The van der Waals surface area contributed by atoms with Crippen LogP contribution in [0.2, 0.25) is 0 Å². The molecule has 1 atom stereocenters. The van der Waals surface area contributed by atoms with E-state index in [9.17, 15) is 9.59 Å². The third kappa shape index (κ3) is 4.67. The molecule has 1 aliphatic heterocycles. The number of benzene rings is 2. The van der Waals surface area contributed by atoms with Gasteiger partial charge in [0.1, 0.15) is 11.3 Å². The summed E-state index contributed by atoms with van der Waals surface area (Å²) >= 11 is 0. The van der Waals surface area contributed by atoms with Crippen LogP contribution in [0.25, 0.3) is 11.0 Å². The number of amides is 1. The van der Waals surface area contributed by atoms with Gasteiger partial charge >= 0.3 is 0 Å². The number of rotatable bonds is 9. The molecule has 6 nitrogen and oxygen atoms in total. The van der Waals surface area contributed by atoms with Crippen molar-refractivity contribution in [1.29, 1.82) is 0 Å². The van der Waals surface area contributed by atoms with Gasteiger partial charge in [-0.05, 0) is 57.3 Å². The first-order chi connectivity index (χ1) is 15.9. The van der Waals surface area contributed by atoms with Gasteiger partial charge in [-0.1, -0.05) is 43.5 Å². The lowest BCUT2D eigenvalue weighted by Gasteiger charge is -2.26. The third-order valence-electron chi connectivity index (χ3n) is 6.12. The highest BCUT2D eigenvalue weighted by atomic mass is 16.5. The number of hydrogen-bond donors (Lipinski definition) is 0. The average molecular weight is 449 g/mol. The van der Waals surface area contributed by atoms with Crippen LogP contribution in [-0.4, -0.2) is 49.5 Å². The molecule has 0 bridgehead atoms. The van der Waals surface area contributed by atoms with Crippen LogP contribution in [0.4, 0.5) is 0 Å². The molecule has 0 fully saturated rings. The lowest BCUT2D eigenvalue weighted by Crippen LogP contribution is -2.35. The molecule has 0 radical (unpaired) electrons. The average Bonchev–Trinajstić information content (AvgIpc) is 3.08. The molecule has 0 spiro atoms. The molecule has 0 saturated heterocycles. The maximum atomic E-state index is 13.6. The summed E-state index contributed by atoms with van der Waals surface area (Å²) in [5.41, 5.74) is 2.58. The summed E-state index contributed by atoms with van der Waals surface area (Å²) in [6.07, 6.45) is 3.31. The van der Waals surface area contributed by atoms with Gasteiger partial charge in [0.25, 0.3) is 5.91 Å². The number of fused-ring (bicyclic) bond motifs is 2. The minimum atomic E-state index is -0.484. The molecule has 1 aliphatic rings. The van der Waals surface area contributed by atoms with Crippen LogP contribution in [0.5, 0.6) is 5.75 Å². The molecule has 1 unspecified atom stereocenters. The summed E-state index contributed by atoms with van der Waals surface area (Å²) in [6, 6.07) is 12.7. The highest BCUT2D eigenvalue weighted by molar-refractivity contribution is 5.99. The molecule has 0 saturated carbocycles. The predicted octanol–water partition coefficient (Wildman–Crippen LogP) is 4.78. The van der Waals surface area contributed by atoms with Crippen LogP contribution in [0.3, 0.4) is 0 Å². The van der Waals surface area contributed by atoms with Crippen molar-refractivity contribution in [3.05, 3.63) is 75.1 Å². The fourth-order valence-electron chi connectivity index (χ4n) is 4.31. The first kappa shape index (κ1) is 23.1. The molecule has 0 aliphatic carbocycles. The first-order valence-corrected chi connectivity index (χ1v) is 11.7. The van der Waals surface area contributed by atoms with Crippen molar-refractivity contribution in [2.24, 2.45) is 0 Å². The van der Waals surface area contributed by atoms with Crippen LogP contribution in [0.15, 0.2) is 51.7 Å². The van der Waals surface area contributed by atoms with Gasteiger partial charge in [0, 0.05) is 13.1 Å². The number of likely N-dealkylation sites (N-methyl/N-ethyl adjacent to an activating group) is 1. The minimum Gasteiger partial charge on any atom is -0.494 e. The monoisotopic (exact) mass is 448 g/mol. The highest BCUT2D eigenvalue weighted by Gasteiger charge is 2.42. The molecule has 0 N–H and O–H groups in total. The first-order valence-electron chi connectivity index (χ1n) is 11.7. The number of unbranched alkanes of at least 4 members (excludes halogenated alkanes) is 2. The van der Waals surface area contributed by atoms with Crippen LogP contribution in [0.1, 0.15) is 59.5 Å². The van der Waals surface area contributed by atoms with E-state index in [0.717, 1.165) is 36.1 Å². The summed E-state index contributed by atoms with van der Waals surface area (Å²) in [5, 5.41) is 0.511. The van der Waals surface area contributed by atoms with E-state index in [1.54, 1.807) is 11.0 Å². The number of carbonyl (C=O) groups is 1. The Hall–Kier alpha value is -3.12. The maximum Gasteiger partial charge on any atom is 0.290 e. The number of hydrogen-bond acceptors (Lipinski definition) is 5. The molecule has 4 rings (SSSR count). The normalized spacial score (nSPS) is 15.5. The Balaban J connectivity index is 1.74. The van der Waals surface area contributed by atoms with Crippen molar-refractivity contribution in [3.63, 3.8) is 0 Å². The topological polar surface area (TPSA) is 63.0 Å². The molecule has 1 amide bonds. The van der Waals surface area contributed by atoms with Crippen LogP contribution in [0, 0.1) is 6.92 Å². The van der Waals surface area contributed by atoms with Gasteiger partial charge in [-0.3, -0.25) is 9.59 Å². The number of aryl methyl sites for hydroxylation is 1. The summed E-state index contributed by atoms with van der Waals surface area (Å²) in [5.74, 6) is 0.705. The molecule has 1 aromatic heterocycles. The van der Waals surface area contributed by atoms with Crippen molar-refractivity contribution >= 4 is 16.9 Å². The van der Waals surface area contributed by atoms with Crippen LogP contribution >= 0.6 is 0 Å². The van der Waals surface area contributed by atoms with Crippen molar-refractivity contribution in [1.82, 2.24) is 9.80 Å². The van der Waals surface area contributed by atoms with Gasteiger partial charge in [-0.25, -0.2) is 0 Å². The largest absolute Gasteiger partial charge is 0.494 e. The second-order valence-corrected chi connectivity index (χ2v) is 9.00. The van der Waals surface area contributed by atoms with Crippen molar-refractivity contribution < 1.29 is 13.9 Å². The molecule has 6 heteroatoms. The number of nitrogens with zero attached hydrogens (tertiary/aromatic N) is 2. The molecular weight excluding hydrogens is 416 g/mol. The molecule has 174 valence electrons. The summed E-state index contributed by atoms with van der Waals surface area (Å²) < 4.78 is 11.9. The van der Waals surface area contributed by atoms with Gasteiger partial charge < -0.3 is 19.0 Å². The summed E-state index contributed by atoms with van der Waals surface area (Å²) in [7, 11) is 3.93. The zero-order valence-electron chi connectivity index (χ0n) is 19.9. The van der Waals surface area contributed by atoms with E-state index < -0.39 is 6.04 Å². The highest BCUT2D eigenvalue weighted by Crippen LogP contribution is 2.38. The van der Waals surface area contributed by atoms with E-state index in [4.69, 9.17) is 9.15 Å². The number of ether oxygens (including phenoxy) is 1. The quantitative estimate of drug-likeness (QED) is 0.441. The van der Waals surface area contributed by atoms with E-state index in [0.29, 0.717) is 36.2 Å². The Kier molecular flexibility index (Phi) is 6.84. The van der Waals surface area contributed by atoms with Gasteiger partial charge in [0.05, 0.1) is 23.6 Å². The van der Waals surface area contributed by atoms with E-state index in [1.165, 1.54) is 0 Å². The molecule has 3 aromatic rings. The van der Waals surface area contributed by atoms with E-state index in [2.05, 4.69) is 6.92 Å². The molecule has 33 heavy (non-hydrogen) atoms. The van der Waals surface area contributed by atoms with Crippen molar-refractivity contribution in [2.45, 2.75) is 39.2 Å². The lowest BCUT2D eigenvalue weighted by atomic mass is 9.98. The fourth-order valence-corrected chi connectivity index (χ4v) is 4.31. The Morgan fingerprint density at radius 1 is 1.06 bits per heavy atom. The van der Waals surface area contributed by atoms with E-state index in [-0.39, 0.29) is 17.1 Å². The second kappa shape index (κ2) is 9.79. The van der Waals surface area contributed by atoms with Gasteiger partial charge in [-0.15, -0.1) is 0 Å². The lowest BCUT2D eigenvalue weighted by molar-refractivity contribution is 0.0716. The zero-order chi connectivity index (χ0) is 23.5. The van der Waals surface area contributed by atoms with Crippen LogP contribution in [-0.2, 0) is 0 Å². The van der Waals surface area contributed by atoms with Gasteiger partial charge in [0.15, 0.2) is 5.43 Å². The SMILES string of the molecule is CCCCCOc1ccc(C2c3c(oc4ccc(C)cc4c3=O)C(=O)N2CCN(C)C)cc1. The maximum absolute atomic E-state index is 13.6. The van der Waals surface area contributed by atoms with E-state index in [1.807, 2.05) is 62.3 Å². The van der Waals surface area contributed by atoms with Crippen molar-refractivity contribution in [2.75, 3.05) is 33.8 Å². The summed E-state index contributed by atoms with van der Waals surface area (Å²) in [4.78, 5) is 30.7. The molecular formula is C27H32N2O4. The molecule has 2 heterocycles. The Morgan fingerprint density at radius 3 is 2.52 bits per heavy atom. The van der Waals surface area contributed by atoms with E-state index >= 15 is 0 Å². The van der Waals surface area contributed by atoms with Gasteiger partial charge in [0.2, 0.25) is 5.76 Å². The number of carbonyl (C=O) groups excluding carboxylic acids is 1. The zero-order valence-corrected chi connectivity index (χ0v) is 19.9. The minimum absolute atomic E-state index is 0.138. The standard InChI is InChI=1S/C27H32N2O4/c1-5-6-7-16-32-20-11-9-19(10-12-20)24-23-25(30)21-17-18(2)8-13-22(21)33-26(23)27(31)29(24)15-14-28(3)4/h8-13,17,24H,5-7,14-16H2,1-4H3.